The first kappa shape index (κ1) is 18.0. The van der Waals surface area contributed by atoms with Gasteiger partial charge in [-0.3, -0.25) is 15.0 Å². The highest BCUT2D eigenvalue weighted by Crippen LogP contribution is 2.24. The second-order valence-corrected chi connectivity index (χ2v) is 5.71. The van der Waals surface area contributed by atoms with Crippen molar-refractivity contribution in [3.63, 3.8) is 0 Å². The molecule has 132 valence electrons. The van der Waals surface area contributed by atoms with Crippen LogP contribution in [0.4, 0.5) is 4.79 Å². The monoisotopic (exact) mass is 336 g/mol. The smallest absolute Gasteiger partial charge is 0.354 e. The maximum absolute atomic E-state index is 11.8. The summed E-state index contributed by atoms with van der Waals surface area (Å²) in [4.78, 5) is 36.9. The van der Waals surface area contributed by atoms with Crippen molar-refractivity contribution in [3.8, 4) is 0 Å². The van der Waals surface area contributed by atoms with Gasteiger partial charge in [0, 0.05) is 31.9 Å². The number of rotatable bonds is 5. The molecule has 0 aromatic carbocycles. The number of esters is 1. The van der Waals surface area contributed by atoms with Gasteiger partial charge < -0.3 is 14.6 Å². The third-order valence-electron chi connectivity index (χ3n) is 4.08. The predicted octanol–water partition coefficient (Wildman–Crippen LogP) is 0.757. The number of carbonyl (C=O) groups excluding carboxylic acids is 3. The highest BCUT2D eigenvalue weighted by atomic mass is 16.5. The second-order valence-electron chi connectivity index (χ2n) is 5.71. The van der Waals surface area contributed by atoms with E-state index in [4.69, 9.17) is 4.74 Å². The summed E-state index contributed by atoms with van der Waals surface area (Å²) in [6.45, 7) is 3.92. The molecule has 2 rings (SSSR count). The molecule has 0 aliphatic carbocycles. The average Bonchev–Trinajstić information content (AvgIpc) is 3.04. The number of aromatic nitrogens is 1. The molecule has 1 fully saturated rings. The van der Waals surface area contributed by atoms with Crippen LogP contribution in [0.2, 0.25) is 0 Å². The quantitative estimate of drug-likeness (QED) is 0.775. The molecule has 3 amide bonds. The molecule has 24 heavy (non-hydrogen) atoms. The van der Waals surface area contributed by atoms with Crippen LogP contribution < -0.4 is 10.6 Å². The normalized spacial score (nSPS) is 15.8. The van der Waals surface area contributed by atoms with E-state index in [1.165, 1.54) is 7.11 Å². The minimum Gasteiger partial charge on any atom is -0.464 e. The number of hydrogen-bond donors (Lipinski definition) is 2. The van der Waals surface area contributed by atoms with Gasteiger partial charge in [0.15, 0.2) is 0 Å². The van der Waals surface area contributed by atoms with Crippen molar-refractivity contribution in [3.05, 3.63) is 24.0 Å². The SMILES string of the molecule is CCNC(=O)NC(=O)CN1CCC(n2cccc2C(=O)OC)CC1. The van der Waals surface area contributed by atoms with E-state index in [0.29, 0.717) is 12.2 Å². The van der Waals surface area contributed by atoms with Crippen LogP contribution in [0.25, 0.3) is 0 Å². The number of ether oxygens (including phenoxy) is 1. The van der Waals surface area contributed by atoms with Crippen LogP contribution in [0.1, 0.15) is 36.3 Å². The molecule has 0 atom stereocenters. The Morgan fingerprint density at radius 2 is 2.00 bits per heavy atom. The zero-order valence-corrected chi connectivity index (χ0v) is 14.1. The third-order valence-corrected chi connectivity index (χ3v) is 4.08. The van der Waals surface area contributed by atoms with Gasteiger partial charge in [0.25, 0.3) is 0 Å². The fourth-order valence-electron chi connectivity index (χ4n) is 2.92. The van der Waals surface area contributed by atoms with Crippen molar-refractivity contribution in [2.24, 2.45) is 0 Å². The van der Waals surface area contributed by atoms with Gasteiger partial charge in [0.1, 0.15) is 5.69 Å². The van der Waals surface area contributed by atoms with Crippen LogP contribution in [0, 0.1) is 0 Å². The number of nitrogens with zero attached hydrogens (tertiary/aromatic N) is 2. The van der Waals surface area contributed by atoms with Gasteiger partial charge in [-0.1, -0.05) is 0 Å². The molecule has 8 nitrogen and oxygen atoms in total. The molecule has 0 saturated carbocycles. The molecule has 0 bridgehead atoms. The molecule has 1 saturated heterocycles. The van der Waals surface area contributed by atoms with Crippen LogP contribution in [-0.2, 0) is 9.53 Å². The van der Waals surface area contributed by atoms with Crippen molar-refractivity contribution in [1.29, 1.82) is 0 Å². The Kier molecular flexibility index (Phi) is 6.36. The first-order valence-electron chi connectivity index (χ1n) is 8.10. The van der Waals surface area contributed by atoms with Crippen molar-refractivity contribution in [1.82, 2.24) is 20.1 Å². The molecule has 0 radical (unpaired) electrons. The van der Waals surface area contributed by atoms with Crippen molar-refractivity contribution in [2.45, 2.75) is 25.8 Å². The topological polar surface area (TPSA) is 92.7 Å². The van der Waals surface area contributed by atoms with Gasteiger partial charge in [0.05, 0.1) is 13.7 Å². The summed E-state index contributed by atoms with van der Waals surface area (Å²) in [5, 5.41) is 4.83. The molecule has 0 unspecified atom stereocenters. The van der Waals surface area contributed by atoms with Gasteiger partial charge >= 0.3 is 12.0 Å². The Bertz CT molecular complexity index is 591. The minimum atomic E-state index is -0.465. The number of hydrogen-bond acceptors (Lipinski definition) is 5. The number of amides is 3. The Morgan fingerprint density at radius 3 is 2.62 bits per heavy atom. The van der Waals surface area contributed by atoms with Crippen molar-refractivity contribution >= 4 is 17.9 Å². The standard InChI is InChI=1S/C16H24N4O4/c1-3-17-16(23)18-14(21)11-19-9-6-12(7-10-19)20-8-4-5-13(20)15(22)24-2/h4-5,8,12H,3,6-7,9-11H2,1-2H3,(H2,17,18,21,23). The fraction of sp³-hybridized carbons (Fsp3) is 0.562. The first-order valence-corrected chi connectivity index (χ1v) is 8.10. The molecule has 1 aliphatic rings. The fourth-order valence-corrected chi connectivity index (χ4v) is 2.92. The van der Waals surface area contributed by atoms with E-state index in [0.717, 1.165) is 25.9 Å². The predicted molar refractivity (Wildman–Crippen MR) is 87.7 cm³/mol. The number of carbonyl (C=O) groups is 3. The number of imide groups is 1. The second kappa shape index (κ2) is 8.49. The summed E-state index contributed by atoms with van der Waals surface area (Å²) in [6, 6.07) is 3.32. The van der Waals surface area contributed by atoms with E-state index in [1.807, 2.05) is 21.7 Å². The van der Waals surface area contributed by atoms with E-state index in [1.54, 1.807) is 13.0 Å². The van der Waals surface area contributed by atoms with Crippen molar-refractivity contribution < 1.29 is 19.1 Å². The highest BCUT2D eigenvalue weighted by Gasteiger charge is 2.25. The lowest BCUT2D eigenvalue weighted by Crippen LogP contribution is -2.46. The number of piperidine rings is 1. The lowest BCUT2D eigenvalue weighted by molar-refractivity contribution is -0.121. The lowest BCUT2D eigenvalue weighted by atomic mass is 10.0. The molecule has 0 spiro atoms. The Labute approximate surface area is 141 Å². The zero-order valence-electron chi connectivity index (χ0n) is 14.1. The lowest BCUT2D eigenvalue weighted by Gasteiger charge is -2.32. The Hall–Kier alpha value is -2.35. The van der Waals surface area contributed by atoms with E-state index in [-0.39, 0.29) is 24.5 Å². The largest absolute Gasteiger partial charge is 0.464 e. The summed E-state index contributed by atoms with van der Waals surface area (Å²) >= 11 is 0. The number of urea groups is 1. The Morgan fingerprint density at radius 1 is 1.29 bits per heavy atom. The van der Waals surface area contributed by atoms with Crippen LogP contribution >= 0.6 is 0 Å². The molecule has 1 aromatic rings. The van der Waals surface area contributed by atoms with Crippen LogP contribution in [0.15, 0.2) is 18.3 Å². The first-order chi connectivity index (χ1) is 11.5. The maximum atomic E-state index is 11.8. The van der Waals surface area contributed by atoms with Gasteiger partial charge in [0.2, 0.25) is 5.91 Å². The molecule has 1 aromatic heterocycles. The van der Waals surface area contributed by atoms with Crippen LogP contribution in [0.3, 0.4) is 0 Å². The summed E-state index contributed by atoms with van der Waals surface area (Å²) in [6.07, 6.45) is 3.54. The van der Waals surface area contributed by atoms with Crippen LogP contribution in [0.5, 0.6) is 0 Å². The summed E-state index contributed by atoms with van der Waals surface area (Å²) in [5.74, 6) is -0.653. The molecule has 1 aliphatic heterocycles. The molecule has 8 heteroatoms. The van der Waals surface area contributed by atoms with Gasteiger partial charge in [-0.05, 0) is 31.9 Å². The molecule has 2 heterocycles. The number of nitrogens with one attached hydrogen (secondary N) is 2. The van der Waals surface area contributed by atoms with Gasteiger partial charge in [-0.25, -0.2) is 9.59 Å². The molecular weight excluding hydrogens is 312 g/mol. The van der Waals surface area contributed by atoms with Crippen LogP contribution in [-0.4, -0.2) is 60.7 Å². The maximum Gasteiger partial charge on any atom is 0.354 e. The van der Waals surface area contributed by atoms with Gasteiger partial charge in [-0.2, -0.15) is 0 Å². The van der Waals surface area contributed by atoms with Crippen molar-refractivity contribution in [2.75, 3.05) is 33.3 Å². The molecular formula is C16H24N4O4. The van der Waals surface area contributed by atoms with E-state index in [2.05, 4.69) is 10.6 Å². The third kappa shape index (κ3) is 4.58. The highest BCUT2D eigenvalue weighted by molar-refractivity contribution is 5.95. The molecule has 2 N–H and O–H groups in total. The average molecular weight is 336 g/mol. The number of methoxy groups -OCH3 is 1. The summed E-state index contributed by atoms with van der Waals surface area (Å²) in [7, 11) is 1.37. The summed E-state index contributed by atoms with van der Waals surface area (Å²) in [5.41, 5.74) is 0.546. The zero-order chi connectivity index (χ0) is 17.5. The number of likely N-dealkylation sites (tertiary alicyclic amines) is 1. The minimum absolute atomic E-state index is 0.194. The van der Waals surface area contributed by atoms with E-state index in [9.17, 15) is 14.4 Å². The Balaban J connectivity index is 1.83. The van der Waals surface area contributed by atoms with Gasteiger partial charge in [-0.15, -0.1) is 0 Å². The summed E-state index contributed by atoms with van der Waals surface area (Å²) < 4.78 is 6.74. The van der Waals surface area contributed by atoms with E-state index >= 15 is 0 Å². The van der Waals surface area contributed by atoms with E-state index < -0.39 is 6.03 Å².